The number of aryl methyl sites for hydroxylation is 1. The van der Waals surface area contributed by atoms with Gasteiger partial charge in [0.15, 0.2) is 0 Å². The minimum Gasteiger partial charge on any atom is -0.483 e. The molecule has 1 aromatic heterocycles. The van der Waals surface area contributed by atoms with Crippen LogP contribution in [0.3, 0.4) is 0 Å². The molecule has 0 N–H and O–H groups in total. The molecule has 0 saturated carbocycles. The van der Waals surface area contributed by atoms with Crippen LogP contribution in [0.2, 0.25) is 0 Å². The van der Waals surface area contributed by atoms with Gasteiger partial charge in [-0.3, -0.25) is 0 Å². The van der Waals surface area contributed by atoms with E-state index < -0.39 is 0 Å². The van der Waals surface area contributed by atoms with Crippen molar-refractivity contribution in [3.63, 3.8) is 0 Å². The van der Waals surface area contributed by atoms with Gasteiger partial charge in [0.25, 0.3) is 0 Å². The summed E-state index contributed by atoms with van der Waals surface area (Å²) >= 11 is 0. The molecule has 0 spiro atoms. The minimum atomic E-state index is -0.291. The van der Waals surface area contributed by atoms with E-state index in [0.717, 1.165) is 12.3 Å². The molecule has 2 nitrogen and oxygen atoms in total. The summed E-state index contributed by atoms with van der Waals surface area (Å²) in [5, 5.41) is 2.63. The van der Waals surface area contributed by atoms with Gasteiger partial charge in [-0.25, -0.2) is 0 Å². The van der Waals surface area contributed by atoms with Crippen molar-refractivity contribution in [3.05, 3.63) is 82.9 Å². The van der Waals surface area contributed by atoms with Gasteiger partial charge in [0.05, 0.1) is 5.52 Å². The highest BCUT2D eigenvalue weighted by atomic mass is 16.5. The maximum atomic E-state index is 6.44. The molecule has 4 aromatic rings. The molecule has 0 saturated heterocycles. The maximum absolute atomic E-state index is 6.44. The van der Waals surface area contributed by atoms with Crippen molar-refractivity contribution in [2.24, 2.45) is 0 Å². The van der Waals surface area contributed by atoms with Gasteiger partial charge < -0.3 is 9.30 Å². The second-order valence-corrected chi connectivity index (χ2v) is 10.4. The fraction of sp³-hybridized carbons (Fsp3) is 0.310. The molecule has 2 heteroatoms. The number of rotatable bonds is 2. The summed E-state index contributed by atoms with van der Waals surface area (Å²) in [6, 6.07) is 20.0. The maximum Gasteiger partial charge on any atom is 0.132 e. The molecule has 0 aliphatic carbocycles. The lowest BCUT2D eigenvalue weighted by molar-refractivity contribution is 0.158. The first-order valence-corrected chi connectivity index (χ1v) is 11.2. The fourth-order valence-electron chi connectivity index (χ4n) is 4.69. The molecule has 31 heavy (non-hydrogen) atoms. The van der Waals surface area contributed by atoms with Crippen LogP contribution in [0, 0.1) is 6.92 Å². The van der Waals surface area contributed by atoms with Gasteiger partial charge in [0, 0.05) is 28.4 Å². The van der Waals surface area contributed by atoms with Gasteiger partial charge in [-0.1, -0.05) is 57.2 Å². The monoisotopic (exact) mass is 409 g/mol. The topological polar surface area (TPSA) is 14.2 Å². The average molecular weight is 410 g/mol. The number of aromatic nitrogens is 1. The van der Waals surface area contributed by atoms with E-state index in [0.29, 0.717) is 0 Å². The Labute approximate surface area is 185 Å². The first-order valence-electron chi connectivity index (χ1n) is 11.2. The molecule has 3 aromatic carbocycles. The van der Waals surface area contributed by atoms with Gasteiger partial charge in [-0.2, -0.15) is 0 Å². The first-order chi connectivity index (χ1) is 14.6. The van der Waals surface area contributed by atoms with Gasteiger partial charge in [0.1, 0.15) is 11.4 Å². The highest BCUT2D eigenvalue weighted by Gasteiger charge is 2.27. The molecule has 0 amide bonds. The lowest BCUT2D eigenvalue weighted by Crippen LogP contribution is -2.28. The molecule has 0 bridgehead atoms. The standard InChI is InChI=1S/C29H31NO/c1-19-16-24-23-17-21(28(2,3)4)12-13-25(23)30(18-20-10-8-7-9-11-20)26(24)22-14-15-29(5,6)31-27(19)22/h7-17H,18H2,1-6H3. The largest absolute Gasteiger partial charge is 0.483 e. The van der Waals surface area contributed by atoms with E-state index in [-0.39, 0.29) is 11.0 Å². The summed E-state index contributed by atoms with van der Waals surface area (Å²) in [6.45, 7) is 14.1. The van der Waals surface area contributed by atoms with Crippen molar-refractivity contribution in [3.8, 4) is 5.75 Å². The Morgan fingerprint density at radius 3 is 2.39 bits per heavy atom. The molecule has 2 heterocycles. The molecular formula is C29H31NO. The van der Waals surface area contributed by atoms with E-state index in [1.807, 2.05) is 0 Å². The molecule has 0 atom stereocenters. The van der Waals surface area contributed by atoms with E-state index in [2.05, 4.69) is 113 Å². The van der Waals surface area contributed by atoms with Gasteiger partial charge in [0.2, 0.25) is 0 Å². The summed E-state index contributed by atoms with van der Waals surface area (Å²) in [7, 11) is 0. The lowest BCUT2D eigenvalue weighted by Gasteiger charge is -2.29. The number of hydrogen-bond donors (Lipinski definition) is 0. The van der Waals surface area contributed by atoms with Gasteiger partial charge in [-0.15, -0.1) is 0 Å². The van der Waals surface area contributed by atoms with Crippen LogP contribution in [0.5, 0.6) is 5.75 Å². The molecule has 0 unspecified atom stereocenters. The quantitative estimate of drug-likeness (QED) is 0.332. The van der Waals surface area contributed by atoms with E-state index in [1.54, 1.807) is 0 Å². The third-order valence-electron chi connectivity index (χ3n) is 6.39. The Bertz CT molecular complexity index is 1330. The van der Waals surface area contributed by atoms with E-state index in [4.69, 9.17) is 4.74 Å². The number of nitrogens with zero attached hydrogens (tertiary/aromatic N) is 1. The van der Waals surface area contributed by atoms with Crippen molar-refractivity contribution >= 4 is 27.9 Å². The number of ether oxygens (including phenoxy) is 1. The van der Waals surface area contributed by atoms with Crippen LogP contribution in [-0.2, 0) is 12.0 Å². The number of benzene rings is 3. The van der Waals surface area contributed by atoms with E-state index >= 15 is 0 Å². The Morgan fingerprint density at radius 1 is 0.935 bits per heavy atom. The zero-order valence-electron chi connectivity index (χ0n) is 19.4. The fourth-order valence-corrected chi connectivity index (χ4v) is 4.69. The van der Waals surface area contributed by atoms with Crippen LogP contribution in [-0.4, -0.2) is 10.2 Å². The molecule has 0 fully saturated rings. The third kappa shape index (κ3) is 3.35. The highest BCUT2D eigenvalue weighted by molar-refractivity contribution is 6.12. The lowest BCUT2D eigenvalue weighted by atomic mass is 9.86. The Morgan fingerprint density at radius 2 is 1.68 bits per heavy atom. The predicted molar refractivity (Wildman–Crippen MR) is 132 cm³/mol. The van der Waals surface area contributed by atoms with Crippen LogP contribution >= 0.6 is 0 Å². The van der Waals surface area contributed by atoms with Crippen LogP contribution in [0.25, 0.3) is 27.9 Å². The van der Waals surface area contributed by atoms with Crippen molar-refractivity contribution in [2.45, 2.75) is 59.1 Å². The predicted octanol–water partition coefficient (Wildman–Crippen LogP) is 7.63. The summed E-state index contributed by atoms with van der Waals surface area (Å²) in [5.74, 6) is 1.01. The summed E-state index contributed by atoms with van der Waals surface area (Å²) in [5.41, 5.74) is 7.41. The molecule has 1 aliphatic rings. The number of fused-ring (bicyclic) bond motifs is 5. The van der Waals surface area contributed by atoms with E-state index in [9.17, 15) is 0 Å². The Hall–Kier alpha value is -3.00. The smallest absolute Gasteiger partial charge is 0.132 e. The van der Waals surface area contributed by atoms with Crippen LogP contribution < -0.4 is 4.74 Å². The van der Waals surface area contributed by atoms with Crippen molar-refractivity contribution in [2.75, 3.05) is 0 Å². The normalized spacial score (nSPS) is 15.3. The van der Waals surface area contributed by atoms with E-state index in [1.165, 1.54) is 44.1 Å². The Balaban J connectivity index is 1.87. The average Bonchev–Trinajstić information content (AvgIpc) is 3.01. The second kappa shape index (κ2) is 6.75. The zero-order valence-corrected chi connectivity index (χ0v) is 19.4. The molecule has 1 aliphatic heterocycles. The molecule has 0 radical (unpaired) electrons. The van der Waals surface area contributed by atoms with Gasteiger partial charge in [-0.05, 0) is 73.2 Å². The molecule has 5 rings (SSSR count). The zero-order chi connectivity index (χ0) is 22.0. The summed E-state index contributed by atoms with van der Waals surface area (Å²) < 4.78 is 8.91. The SMILES string of the molecule is Cc1cc2c3cc(C(C)(C)C)ccc3n(Cc3ccccc3)c2c2c1OC(C)(C)C=C2. The Kier molecular flexibility index (Phi) is 4.34. The van der Waals surface area contributed by atoms with Gasteiger partial charge >= 0.3 is 0 Å². The number of hydrogen-bond acceptors (Lipinski definition) is 1. The van der Waals surface area contributed by atoms with Crippen LogP contribution in [0.1, 0.15) is 56.9 Å². The summed E-state index contributed by atoms with van der Waals surface area (Å²) in [6.07, 6.45) is 4.44. The van der Waals surface area contributed by atoms with Crippen molar-refractivity contribution < 1.29 is 4.74 Å². The van der Waals surface area contributed by atoms with Crippen LogP contribution in [0.4, 0.5) is 0 Å². The van der Waals surface area contributed by atoms with Crippen molar-refractivity contribution in [1.82, 2.24) is 4.57 Å². The molecule has 158 valence electrons. The second-order valence-electron chi connectivity index (χ2n) is 10.4. The third-order valence-corrected chi connectivity index (χ3v) is 6.39. The minimum absolute atomic E-state index is 0.109. The van der Waals surface area contributed by atoms with Crippen molar-refractivity contribution in [1.29, 1.82) is 0 Å². The highest BCUT2D eigenvalue weighted by Crippen LogP contribution is 2.43. The first kappa shape index (κ1) is 19.9. The summed E-state index contributed by atoms with van der Waals surface area (Å²) in [4.78, 5) is 0. The molecular weight excluding hydrogens is 378 g/mol. The van der Waals surface area contributed by atoms with Crippen LogP contribution in [0.15, 0.2) is 60.7 Å².